The summed E-state index contributed by atoms with van der Waals surface area (Å²) in [5, 5.41) is 8.79. The average Bonchev–Trinajstić information content (AvgIpc) is 3.35. The van der Waals surface area contributed by atoms with Crippen LogP contribution in [0, 0.1) is 13.8 Å². The Morgan fingerprint density at radius 1 is 1.25 bits per heavy atom. The Morgan fingerprint density at radius 3 is 2.84 bits per heavy atom. The Bertz CT molecular complexity index is 1430. The molecular formula is C23H20ClN5O2S. The molecule has 1 aliphatic heterocycles. The highest BCUT2D eigenvalue weighted by molar-refractivity contribution is 7.99. The van der Waals surface area contributed by atoms with Crippen LogP contribution in [0.4, 0.5) is 5.69 Å². The Labute approximate surface area is 193 Å². The summed E-state index contributed by atoms with van der Waals surface area (Å²) in [4.78, 5) is 30.7. The Balaban J connectivity index is 1.47. The van der Waals surface area contributed by atoms with Crippen LogP contribution in [0.3, 0.4) is 0 Å². The lowest BCUT2D eigenvalue weighted by atomic mass is 10.1. The van der Waals surface area contributed by atoms with Crippen molar-refractivity contribution < 1.29 is 4.79 Å². The summed E-state index contributed by atoms with van der Waals surface area (Å²) >= 11 is 7.61. The summed E-state index contributed by atoms with van der Waals surface area (Å²) in [6.45, 7) is 4.05. The van der Waals surface area contributed by atoms with E-state index in [1.165, 1.54) is 11.8 Å². The Hall–Kier alpha value is -3.10. The van der Waals surface area contributed by atoms with Crippen molar-refractivity contribution in [1.29, 1.82) is 0 Å². The van der Waals surface area contributed by atoms with Crippen LogP contribution >= 0.6 is 23.4 Å². The van der Waals surface area contributed by atoms with Gasteiger partial charge >= 0.3 is 0 Å². The summed E-state index contributed by atoms with van der Waals surface area (Å²) < 4.78 is 3.33. The SMILES string of the molecule is Cc1ccc(-n2ncc3c(=O)n4c(nc32)SCC4CC(=O)Nc2ccccc2Cl)c(C)c1. The monoisotopic (exact) mass is 465 g/mol. The third-order valence-electron chi connectivity index (χ3n) is 5.52. The van der Waals surface area contributed by atoms with E-state index in [9.17, 15) is 9.59 Å². The minimum atomic E-state index is -0.286. The van der Waals surface area contributed by atoms with Crippen LogP contribution in [0.15, 0.2) is 58.6 Å². The maximum Gasteiger partial charge on any atom is 0.265 e. The zero-order valence-electron chi connectivity index (χ0n) is 17.5. The minimum Gasteiger partial charge on any atom is -0.325 e. The number of thioether (sulfide) groups is 1. The summed E-state index contributed by atoms with van der Waals surface area (Å²) in [7, 11) is 0. The van der Waals surface area contributed by atoms with Gasteiger partial charge in [-0.25, -0.2) is 9.67 Å². The van der Waals surface area contributed by atoms with E-state index < -0.39 is 0 Å². The second-order valence-corrected chi connectivity index (χ2v) is 9.24. The fourth-order valence-electron chi connectivity index (χ4n) is 3.98. The van der Waals surface area contributed by atoms with Crippen LogP contribution in [0.25, 0.3) is 16.7 Å². The minimum absolute atomic E-state index is 0.156. The Morgan fingerprint density at radius 2 is 2.06 bits per heavy atom. The molecule has 2 aromatic heterocycles. The van der Waals surface area contributed by atoms with Crippen molar-refractivity contribution in [2.45, 2.75) is 31.5 Å². The van der Waals surface area contributed by atoms with E-state index in [1.54, 1.807) is 39.7 Å². The zero-order chi connectivity index (χ0) is 22.4. The van der Waals surface area contributed by atoms with Gasteiger partial charge in [0.05, 0.1) is 28.6 Å². The largest absolute Gasteiger partial charge is 0.325 e. The lowest BCUT2D eigenvalue weighted by Gasteiger charge is -2.14. The lowest BCUT2D eigenvalue weighted by Crippen LogP contribution is -2.27. The highest BCUT2D eigenvalue weighted by Gasteiger charge is 2.30. The molecule has 0 radical (unpaired) electrons. The first-order chi connectivity index (χ1) is 15.4. The first kappa shape index (κ1) is 20.8. The summed E-state index contributed by atoms with van der Waals surface area (Å²) in [5.41, 5.74) is 4.01. The third kappa shape index (κ3) is 3.59. The second-order valence-electron chi connectivity index (χ2n) is 7.85. The molecule has 1 amide bonds. The normalized spacial score (nSPS) is 15.2. The number of benzene rings is 2. The summed E-state index contributed by atoms with van der Waals surface area (Å²) in [6.07, 6.45) is 1.71. The van der Waals surface area contributed by atoms with Gasteiger partial charge in [0.2, 0.25) is 5.91 Å². The van der Waals surface area contributed by atoms with E-state index in [0.29, 0.717) is 32.7 Å². The van der Waals surface area contributed by atoms with Gasteiger partial charge in [-0.05, 0) is 37.6 Å². The van der Waals surface area contributed by atoms with Gasteiger partial charge in [0.25, 0.3) is 5.56 Å². The van der Waals surface area contributed by atoms with Crippen LogP contribution in [0.1, 0.15) is 23.6 Å². The fourth-order valence-corrected chi connectivity index (χ4v) is 5.29. The number of para-hydroxylation sites is 1. The maximum absolute atomic E-state index is 13.3. The van der Waals surface area contributed by atoms with Gasteiger partial charge < -0.3 is 5.32 Å². The van der Waals surface area contributed by atoms with Crippen LogP contribution in [0.2, 0.25) is 5.02 Å². The number of hydrogen-bond donors (Lipinski definition) is 1. The third-order valence-corrected chi connectivity index (χ3v) is 6.95. The number of anilines is 1. The number of halogens is 1. The first-order valence-electron chi connectivity index (χ1n) is 10.2. The molecule has 0 aliphatic carbocycles. The van der Waals surface area contributed by atoms with E-state index in [-0.39, 0.29) is 23.9 Å². The van der Waals surface area contributed by atoms with Crippen LogP contribution in [0.5, 0.6) is 0 Å². The predicted octanol–water partition coefficient (Wildman–Crippen LogP) is 4.53. The summed E-state index contributed by atoms with van der Waals surface area (Å²) in [5.74, 6) is 0.399. The molecule has 0 saturated heterocycles. The molecule has 9 heteroatoms. The van der Waals surface area contributed by atoms with E-state index in [0.717, 1.165) is 16.8 Å². The number of carbonyl (C=O) groups excluding carboxylic acids is 1. The highest BCUT2D eigenvalue weighted by Crippen LogP contribution is 2.34. The topological polar surface area (TPSA) is 81.8 Å². The molecule has 1 unspecified atom stereocenters. The van der Waals surface area contributed by atoms with Crippen molar-refractivity contribution in [2.24, 2.45) is 0 Å². The molecule has 2 aromatic carbocycles. The van der Waals surface area contributed by atoms with Gasteiger partial charge in [-0.15, -0.1) is 0 Å². The van der Waals surface area contributed by atoms with E-state index >= 15 is 0 Å². The number of fused-ring (bicyclic) bond motifs is 2. The van der Waals surface area contributed by atoms with Gasteiger partial charge in [0, 0.05) is 12.2 Å². The number of aromatic nitrogens is 4. The Kier molecular flexibility index (Phi) is 5.27. The summed E-state index contributed by atoms with van der Waals surface area (Å²) in [6, 6.07) is 12.9. The molecule has 3 heterocycles. The molecule has 0 fully saturated rings. The number of rotatable bonds is 4. The van der Waals surface area contributed by atoms with E-state index in [4.69, 9.17) is 16.6 Å². The van der Waals surface area contributed by atoms with Gasteiger partial charge in [0.1, 0.15) is 5.39 Å². The smallest absolute Gasteiger partial charge is 0.265 e. The lowest BCUT2D eigenvalue weighted by molar-refractivity contribution is -0.116. The number of carbonyl (C=O) groups is 1. The predicted molar refractivity (Wildman–Crippen MR) is 127 cm³/mol. The molecule has 32 heavy (non-hydrogen) atoms. The van der Waals surface area contributed by atoms with Gasteiger partial charge in [-0.3, -0.25) is 14.2 Å². The van der Waals surface area contributed by atoms with Crippen LogP contribution in [-0.2, 0) is 4.79 Å². The number of amides is 1. The molecule has 162 valence electrons. The van der Waals surface area contributed by atoms with Crippen molar-refractivity contribution in [3.63, 3.8) is 0 Å². The molecule has 0 bridgehead atoms. The maximum atomic E-state index is 13.3. The van der Waals surface area contributed by atoms with E-state index in [1.807, 2.05) is 26.0 Å². The van der Waals surface area contributed by atoms with Gasteiger partial charge in [-0.2, -0.15) is 5.10 Å². The second kappa shape index (κ2) is 8.11. The van der Waals surface area contributed by atoms with Gasteiger partial charge in [-0.1, -0.05) is 53.2 Å². The molecular weight excluding hydrogens is 446 g/mol. The van der Waals surface area contributed by atoms with Crippen molar-refractivity contribution in [2.75, 3.05) is 11.1 Å². The molecule has 0 saturated carbocycles. The molecule has 5 rings (SSSR count). The fraction of sp³-hybridized carbons (Fsp3) is 0.217. The number of aryl methyl sites for hydroxylation is 2. The van der Waals surface area contributed by atoms with Crippen molar-refractivity contribution in [3.8, 4) is 5.69 Å². The van der Waals surface area contributed by atoms with Crippen LogP contribution in [-0.4, -0.2) is 31.0 Å². The van der Waals surface area contributed by atoms with Crippen LogP contribution < -0.4 is 10.9 Å². The average molecular weight is 466 g/mol. The quantitative estimate of drug-likeness (QED) is 0.448. The molecule has 7 nitrogen and oxygen atoms in total. The van der Waals surface area contributed by atoms with Crippen molar-refractivity contribution in [3.05, 3.63) is 75.2 Å². The standard InChI is InChI=1S/C23H20ClN5O2S/c1-13-7-8-19(14(2)9-13)29-21-16(11-25-29)22(31)28-15(12-32-23(28)27-21)10-20(30)26-18-6-4-3-5-17(18)24/h3-9,11,15H,10,12H2,1-2H3,(H,26,30). The first-order valence-corrected chi connectivity index (χ1v) is 11.5. The van der Waals surface area contributed by atoms with Crippen molar-refractivity contribution >= 4 is 46.0 Å². The molecule has 0 spiro atoms. The van der Waals surface area contributed by atoms with Crippen molar-refractivity contribution in [1.82, 2.24) is 19.3 Å². The number of nitrogens with one attached hydrogen (secondary N) is 1. The van der Waals surface area contributed by atoms with Gasteiger partial charge in [0.15, 0.2) is 10.8 Å². The number of nitrogens with zero attached hydrogens (tertiary/aromatic N) is 4. The van der Waals surface area contributed by atoms with E-state index in [2.05, 4.69) is 16.5 Å². The molecule has 1 aliphatic rings. The molecule has 1 atom stereocenters. The molecule has 1 N–H and O–H groups in total. The zero-order valence-corrected chi connectivity index (χ0v) is 19.1. The molecule has 4 aromatic rings. The number of hydrogen-bond acceptors (Lipinski definition) is 5. The highest BCUT2D eigenvalue weighted by atomic mass is 35.5.